The van der Waals surface area contributed by atoms with Crippen molar-refractivity contribution in [2.24, 2.45) is 11.8 Å². The highest BCUT2D eigenvalue weighted by Crippen LogP contribution is 2.28. The summed E-state index contributed by atoms with van der Waals surface area (Å²) in [4.78, 5) is 24.8. The summed E-state index contributed by atoms with van der Waals surface area (Å²) < 4.78 is 27.2. The van der Waals surface area contributed by atoms with Gasteiger partial charge in [0.1, 0.15) is 4.21 Å². The van der Waals surface area contributed by atoms with E-state index in [0.717, 1.165) is 4.88 Å². The molecule has 9 heteroatoms. The van der Waals surface area contributed by atoms with E-state index in [2.05, 4.69) is 10.6 Å². The molecule has 2 heterocycles. The van der Waals surface area contributed by atoms with Gasteiger partial charge in [0.25, 0.3) is 10.0 Å². The Morgan fingerprint density at radius 2 is 1.96 bits per heavy atom. The Morgan fingerprint density at radius 1 is 1.27 bits per heavy atom. The molecule has 0 aliphatic carbocycles. The fraction of sp³-hybridized carbons (Fsp3) is 0.647. The lowest BCUT2D eigenvalue weighted by Crippen LogP contribution is -2.46. The van der Waals surface area contributed by atoms with Crippen molar-refractivity contribution in [3.8, 4) is 0 Å². The lowest BCUT2D eigenvalue weighted by atomic mass is 9.99. The molecule has 1 unspecified atom stereocenters. The summed E-state index contributed by atoms with van der Waals surface area (Å²) in [6.07, 6.45) is 1.32. The molecule has 2 rings (SSSR count). The highest BCUT2D eigenvalue weighted by molar-refractivity contribution is 7.91. The van der Waals surface area contributed by atoms with Crippen molar-refractivity contribution in [2.45, 2.75) is 37.8 Å². The fourth-order valence-electron chi connectivity index (χ4n) is 2.77. The van der Waals surface area contributed by atoms with E-state index < -0.39 is 10.0 Å². The zero-order valence-corrected chi connectivity index (χ0v) is 17.1. The standard InChI is InChI=1S/C17H27N3O4S2/c1-12(2)16(21)18-8-9-19-17(22)14-5-4-10-20(11-14)26(23,24)15-7-6-13(3)25-15/h6-7,12,14H,4-5,8-11H2,1-3H3,(H,18,21)(H,19,22). The molecule has 1 aromatic rings. The van der Waals surface area contributed by atoms with Crippen molar-refractivity contribution in [3.63, 3.8) is 0 Å². The maximum Gasteiger partial charge on any atom is 0.252 e. The van der Waals surface area contributed by atoms with Crippen LogP contribution in [0.1, 0.15) is 31.6 Å². The van der Waals surface area contributed by atoms with Crippen LogP contribution in [-0.4, -0.2) is 50.7 Å². The van der Waals surface area contributed by atoms with Gasteiger partial charge in [-0.15, -0.1) is 11.3 Å². The van der Waals surface area contributed by atoms with Gasteiger partial charge in [-0.3, -0.25) is 9.59 Å². The predicted molar refractivity (Wildman–Crippen MR) is 101 cm³/mol. The number of nitrogens with one attached hydrogen (secondary N) is 2. The number of hydrogen-bond acceptors (Lipinski definition) is 5. The fourth-order valence-corrected chi connectivity index (χ4v) is 5.73. The summed E-state index contributed by atoms with van der Waals surface area (Å²) in [6.45, 7) is 6.82. The minimum Gasteiger partial charge on any atom is -0.354 e. The molecule has 1 fully saturated rings. The molecule has 7 nitrogen and oxygen atoms in total. The smallest absolute Gasteiger partial charge is 0.252 e. The third-order valence-corrected chi connectivity index (χ3v) is 7.65. The maximum atomic E-state index is 12.7. The number of carbonyl (C=O) groups excluding carboxylic acids is 2. The molecule has 0 spiro atoms. The van der Waals surface area contributed by atoms with Crippen molar-refractivity contribution in [1.29, 1.82) is 0 Å². The van der Waals surface area contributed by atoms with Crippen molar-refractivity contribution in [3.05, 3.63) is 17.0 Å². The van der Waals surface area contributed by atoms with E-state index in [0.29, 0.717) is 36.7 Å². The first-order valence-corrected chi connectivity index (χ1v) is 11.1. The first kappa shape index (κ1) is 20.9. The molecule has 0 bridgehead atoms. The molecule has 1 aliphatic heterocycles. The third-order valence-electron chi connectivity index (χ3n) is 4.31. The highest BCUT2D eigenvalue weighted by atomic mass is 32.2. The second-order valence-electron chi connectivity index (χ2n) is 6.80. The van der Waals surface area contributed by atoms with Crippen LogP contribution in [0.2, 0.25) is 0 Å². The van der Waals surface area contributed by atoms with Crippen molar-refractivity contribution >= 4 is 33.2 Å². The number of carbonyl (C=O) groups is 2. The van der Waals surface area contributed by atoms with Crippen LogP contribution < -0.4 is 10.6 Å². The number of aryl methyl sites for hydroxylation is 1. The first-order chi connectivity index (χ1) is 12.2. The quantitative estimate of drug-likeness (QED) is 0.674. The molecular formula is C17H27N3O4S2. The molecule has 0 saturated carbocycles. The Kier molecular flexibility index (Phi) is 7.19. The number of amides is 2. The van der Waals surface area contributed by atoms with E-state index in [-0.39, 0.29) is 30.2 Å². The van der Waals surface area contributed by atoms with Gasteiger partial charge < -0.3 is 10.6 Å². The van der Waals surface area contributed by atoms with E-state index in [1.807, 2.05) is 6.92 Å². The van der Waals surface area contributed by atoms with Crippen LogP contribution >= 0.6 is 11.3 Å². The first-order valence-electron chi connectivity index (χ1n) is 8.84. The Labute approximate surface area is 159 Å². The SMILES string of the molecule is Cc1ccc(S(=O)(=O)N2CCCC(C(=O)NCCNC(=O)C(C)C)C2)s1. The molecule has 0 aromatic carbocycles. The monoisotopic (exact) mass is 401 g/mol. The number of thiophene rings is 1. The van der Waals surface area contributed by atoms with Crippen LogP contribution in [-0.2, 0) is 19.6 Å². The van der Waals surface area contributed by atoms with Crippen molar-refractivity contribution in [1.82, 2.24) is 14.9 Å². The van der Waals surface area contributed by atoms with Crippen molar-refractivity contribution < 1.29 is 18.0 Å². The maximum absolute atomic E-state index is 12.7. The van der Waals surface area contributed by atoms with Crippen LogP contribution in [0.3, 0.4) is 0 Å². The van der Waals surface area contributed by atoms with E-state index in [4.69, 9.17) is 0 Å². The van der Waals surface area contributed by atoms with Crippen molar-refractivity contribution in [2.75, 3.05) is 26.2 Å². The van der Waals surface area contributed by atoms with Gasteiger partial charge in [0, 0.05) is 37.0 Å². The summed E-state index contributed by atoms with van der Waals surface area (Å²) in [7, 11) is -3.54. The van der Waals surface area contributed by atoms with E-state index in [1.165, 1.54) is 15.6 Å². The zero-order valence-electron chi connectivity index (χ0n) is 15.4. The molecule has 26 heavy (non-hydrogen) atoms. The van der Waals surface area contributed by atoms with Gasteiger partial charge in [0.05, 0.1) is 5.92 Å². The number of rotatable bonds is 7. The largest absolute Gasteiger partial charge is 0.354 e. The molecule has 1 atom stereocenters. The Morgan fingerprint density at radius 3 is 2.58 bits per heavy atom. The van der Waals surface area contributed by atoms with Crippen LogP contribution in [0.5, 0.6) is 0 Å². The van der Waals surface area contributed by atoms with E-state index in [9.17, 15) is 18.0 Å². The topological polar surface area (TPSA) is 95.6 Å². The third kappa shape index (κ3) is 5.28. The molecule has 1 saturated heterocycles. The second-order valence-corrected chi connectivity index (χ2v) is 10.3. The van der Waals surface area contributed by atoms with Gasteiger partial charge >= 0.3 is 0 Å². The second kappa shape index (κ2) is 8.96. The summed E-state index contributed by atoms with van der Waals surface area (Å²) in [6, 6.07) is 3.41. The zero-order chi connectivity index (χ0) is 19.3. The van der Waals surface area contributed by atoms with Gasteiger partial charge in [0.2, 0.25) is 11.8 Å². The van der Waals surface area contributed by atoms with E-state index >= 15 is 0 Å². The number of sulfonamides is 1. The lowest BCUT2D eigenvalue weighted by molar-refractivity contribution is -0.127. The van der Waals surface area contributed by atoms with Gasteiger partial charge in [-0.2, -0.15) is 4.31 Å². The lowest BCUT2D eigenvalue weighted by Gasteiger charge is -2.30. The summed E-state index contributed by atoms with van der Waals surface area (Å²) in [5.74, 6) is -0.671. The summed E-state index contributed by atoms with van der Waals surface area (Å²) >= 11 is 1.25. The van der Waals surface area contributed by atoms with Crippen LogP contribution in [0.15, 0.2) is 16.3 Å². The Bertz CT molecular complexity index is 743. The molecule has 2 amide bonds. The highest BCUT2D eigenvalue weighted by Gasteiger charge is 2.33. The predicted octanol–water partition coefficient (Wildman–Crippen LogP) is 1.35. The summed E-state index contributed by atoms with van der Waals surface area (Å²) in [5, 5.41) is 5.53. The van der Waals surface area contributed by atoms with Crippen LogP contribution in [0.25, 0.3) is 0 Å². The molecular weight excluding hydrogens is 374 g/mol. The van der Waals surface area contributed by atoms with E-state index in [1.54, 1.807) is 26.0 Å². The minimum atomic E-state index is -3.54. The average Bonchev–Trinajstić information content (AvgIpc) is 3.05. The van der Waals surface area contributed by atoms with Gasteiger partial charge in [-0.1, -0.05) is 13.8 Å². The molecule has 146 valence electrons. The molecule has 2 N–H and O–H groups in total. The van der Waals surface area contributed by atoms with Crippen LogP contribution in [0.4, 0.5) is 0 Å². The molecule has 1 aliphatic rings. The molecule has 1 aromatic heterocycles. The number of piperidine rings is 1. The summed E-state index contributed by atoms with van der Waals surface area (Å²) in [5.41, 5.74) is 0. The number of hydrogen-bond donors (Lipinski definition) is 2. The minimum absolute atomic E-state index is 0.0552. The number of nitrogens with zero attached hydrogens (tertiary/aromatic N) is 1. The molecule has 0 radical (unpaired) electrons. The Hall–Kier alpha value is -1.45. The van der Waals surface area contributed by atoms with Gasteiger partial charge in [-0.05, 0) is 31.9 Å². The normalized spacial score (nSPS) is 18.7. The Balaban J connectivity index is 1.87. The van der Waals surface area contributed by atoms with Crippen LogP contribution in [0, 0.1) is 18.8 Å². The average molecular weight is 402 g/mol. The van der Waals surface area contributed by atoms with Gasteiger partial charge in [-0.25, -0.2) is 8.42 Å². The van der Waals surface area contributed by atoms with Gasteiger partial charge in [0.15, 0.2) is 0 Å².